The third kappa shape index (κ3) is 11.1. The Bertz CT molecular complexity index is 2350. The lowest BCUT2D eigenvalue weighted by atomic mass is 10.1. The SMILES string of the molecule is CC(C)Oc1cc(C(F)(F)F)ccc1CNC(=O)Nc1cccc2[nH]c(=O)[nH]c12.CC(C)Oc1nc(C(F)(F)F)ccc1CNC(=O)Nc1cccc2[nH]c(=O)[nH]c12. The van der Waals surface area contributed by atoms with Crippen LogP contribution in [0.4, 0.5) is 47.3 Å². The number of benzene rings is 3. The normalized spacial score (nSPS) is 11.7. The van der Waals surface area contributed by atoms with Crippen LogP contribution in [-0.2, 0) is 25.4 Å². The number of aromatic nitrogens is 5. The summed E-state index contributed by atoms with van der Waals surface area (Å²) in [6, 6.07) is 13.8. The molecule has 4 amide bonds. The van der Waals surface area contributed by atoms with E-state index in [1.807, 2.05) is 0 Å². The summed E-state index contributed by atoms with van der Waals surface area (Å²) in [5.74, 6) is -0.153. The number of anilines is 2. The minimum absolute atomic E-state index is 0.0483. The summed E-state index contributed by atoms with van der Waals surface area (Å²) in [6.07, 6.45) is -9.84. The Morgan fingerprint density at radius 1 is 0.655 bits per heavy atom. The molecule has 8 N–H and O–H groups in total. The van der Waals surface area contributed by atoms with Gasteiger partial charge in [-0.15, -0.1) is 0 Å². The number of H-pyrrole nitrogens is 4. The largest absolute Gasteiger partial charge is 0.491 e. The van der Waals surface area contributed by atoms with Crippen molar-refractivity contribution in [3.8, 4) is 11.6 Å². The summed E-state index contributed by atoms with van der Waals surface area (Å²) in [7, 11) is 0. The van der Waals surface area contributed by atoms with Crippen molar-refractivity contribution in [3.05, 3.63) is 110 Å². The fourth-order valence-corrected chi connectivity index (χ4v) is 5.34. The summed E-state index contributed by atoms with van der Waals surface area (Å²) in [6.45, 7) is 6.55. The first-order valence-electron chi connectivity index (χ1n) is 17.4. The molecular weight excluding hydrogens is 780 g/mol. The summed E-state index contributed by atoms with van der Waals surface area (Å²) in [5.41, 5.74) is 0.608. The molecule has 0 aliphatic rings. The second-order valence-electron chi connectivity index (χ2n) is 13.0. The van der Waals surface area contributed by atoms with E-state index >= 15 is 0 Å². The number of carbonyl (C=O) groups excluding carboxylic acids is 2. The van der Waals surface area contributed by atoms with Crippen molar-refractivity contribution in [2.45, 2.75) is 65.3 Å². The van der Waals surface area contributed by atoms with Crippen molar-refractivity contribution in [1.82, 2.24) is 35.6 Å². The van der Waals surface area contributed by atoms with Crippen molar-refractivity contribution in [2.75, 3.05) is 10.6 Å². The van der Waals surface area contributed by atoms with Crippen molar-refractivity contribution in [2.24, 2.45) is 0 Å². The standard InChI is InChI=1S/C19H19F3N4O3.C18H18F3N5O3/c1-10(2)29-15-8-12(19(20,21)22)7-6-11(15)9-23-17(27)24-13-4-3-5-14-16(13)26-18(28)25-14;1-9(2)29-15-10(6-7-13(25-15)18(19,20)21)8-22-16(27)23-11-4-3-5-12-14(11)26-17(28)24-12/h3-8,10H,9H2,1-2H3,(H2,23,24,27)(H2,25,26,28);3-7,9H,8H2,1-2H3,(H2,22,23,27)(H2,24,26,28). The van der Waals surface area contributed by atoms with Gasteiger partial charge in [-0.05, 0) is 76.2 Å². The van der Waals surface area contributed by atoms with Gasteiger partial charge in [0.2, 0.25) is 5.88 Å². The number of alkyl halides is 6. The molecule has 0 unspecified atom stereocenters. The summed E-state index contributed by atoms with van der Waals surface area (Å²) >= 11 is 0. The number of ether oxygens (including phenoxy) is 2. The number of nitrogens with zero attached hydrogens (tertiary/aromatic N) is 1. The summed E-state index contributed by atoms with van der Waals surface area (Å²) < 4.78 is 88.4. The van der Waals surface area contributed by atoms with Crippen LogP contribution >= 0.6 is 0 Å². The van der Waals surface area contributed by atoms with Gasteiger partial charge in [0.05, 0.1) is 51.2 Å². The van der Waals surface area contributed by atoms with E-state index in [9.17, 15) is 45.5 Å². The highest BCUT2D eigenvalue weighted by Gasteiger charge is 2.34. The first-order valence-corrected chi connectivity index (χ1v) is 17.4. The molecule has 0 radical (unpaired) electrons. The minimum Gasteiger partial charge on any atom is -0.491 e. The fraction of sp³-hybridized carbons (Fsp3) is 0.270. The number of urea groups is 2. The zero-order valence-electron chi connectivity index (χ0n) is 31.1. The molecule has 0 fully saturated rings. The molecule has 0 bridgehead atoms. The van der Waals surface area contributed by atoms with Gasteiger partial charge in [0.15, 0.2) is 0 Å². The van der Waals surface area contributed by atoms with Gasteiger partial charge in [0.25, 0.3) is 0 Å². The molecule has 0 aliphatic heterocycles. The van der Waals surface area contributed by atoms with E-state index in [0.717, 1.165) is 18.2 Å². The van der Waals surface area contributed by atoms with Crippen molar-refractivity contribution in [1.29, 1.82) is 0 Å². The number of carbonyl (C=O) groups is 2. The number of fused-ring (bicyclic) bond motifs is 2. The van der Waals surface area contributed by atoms with Gasteiger partial charge in [-0.1, -0.05) is 18.2 Å². The number of para-hydroxylation sites is 2. The molecule has 308 valence electrons. The van der Waals surface area contributed by atoms with Crippen molar-refractivity contribution in [3.63, 3.8) is 0 Å². The first-order chi connectivity index (χ1) is 27.3. The Kier molecular flexibility index (Phi) is 12.7. The Labute approximate surface area is 323 Å². The molecule has 21 heteroatoms. The number of amides is 4. The van der Waals surface area contributed by atoms with E-state index in [-0.39, 0.29) is 36.4 Å². The number of hydrogen-bond acceptors (Lipinski definition) is 7. The fourth-order valence-electron chi connectivity index (χ4n) is 5.34. The van der Waals surface area contributed by atoms with E-state index in [0.29, 0.717) is 39.0 Å². The third-order valence-corrected chi connectivity index (χ3v) is 7.81. The number of rotatable bonds is 10. The van der Waals surface area contributed by atoms with Crippen LogP contribution in [0.25, 0.3) is 22.1 Å². The number of hydrogen-bond donors (Lipinski definition) is 8. The molecule has 6 rings (SSSR count). The van der Waals surface area contributed by atoms with Crippen LogP contribution in [0.15, 0.2) is 76.3 Å². The molecule has 3 aromatic heterocycles. The highest BCUT2D eigenvalue weighted by atomic mass is 19.4. The van der Waals surface area contributed by atoms with Gasteiger partial charge in [-0.3, -0.25) is 0 Å². The lowest BCUT2D eigenvalue weighted by molar-refractivity contribution is -0.141. The molecule has 0 atom stereocenters. The van der Waals surface area contributed by atoms with Crippen LogP contribution in [-0.4, -0.2) is 49.2 Å². The van der Waals surface area contributed by atoms with E-state index in [1.54, 1.807) is 64.1 Å². The van der Waals surface area contributed by atoms with Gasteiger partial charge >= 0.3 is 35.8 Å². The molecule has 3 heterocycles. The highest BCUT2D eigenvalue weighted by Crippen LogP contribution is 2.34. The van der Waals surface area contributed by atoms with E-state index in [4.69, 9.17) is 9.47 Å². The van der Waals surface area contributed by atoms with Crippen LogP contribution < -0.4 is 42.1 Å². The number of aromatic amines is 4. The third-order valence-electron chi connectivity index (χ3n) is 7.81. The monoisotopic (exact) mass is 817 g/mol. The Morgan fingerprint density at radius 3 is 1.64 bits per heavy atom. The molecule has 58 heavy (non-hydrogen) atoms. The topological polar surface area (TPSA) is 211 Å². The van der Waals surface area contributed by atoms with Gasteiger partial charge < -0.3 is 50.7 Å². The van der Waals surface area contributed by atoms with E-state index < -0.39 is 53.2 Å². The molecule has 6 aromatic rings. The average molecular weight is 818 g/mol. The Balaban J connectivity index is 0.000000221. The molecule has 0 saturated heterocycles. The number of imidazole rings is 2. The van der Waals surface area contributed by atoms with Crippen LogP contribution in [0.2, 0.25) is 0 Å². The predicted octanol–water partition coefficient (Wildman–Crippen LogP) is 7.36. The lowest BCUT2D eigenvalue weighted by Crippen LogP contribution is -2.29. The number of nitrogens with one attached hydrogen (secondary N) is 8. The molecule has 15 nitrogen and oxygen atoms in total. The van der Waals surface area contributed by atoms with Gasteiger partial charge in [0, 0.05) is 24.2 Å². The van der Waals surface area contributed by atoms with Crippen molar-refractivity contribution >= 4 is 45.5 Å². The minimum atomic E-state index is -4.61. The zero-order valence-corrected chi connectivity index (χ0v) is 31.1. The highest BCUT2D eigenvalue weighted by molar-refractivity contribution is 5.99. The quantitative estimate of drug-likeness (QED) is 0.0658. The maximum atomic E-state index is 13.0. The zero-order chi connectivity index (χ0) is 42.4. The van der Waals surface area contributed by atoms with Crippen molar-refractivity contribution < 1.29 is 45.4 Å². The maximum Gasteiger partial charge on any atom is 0.433 e. The molecular formula is C37H37F6N9O6. The van der Waals surface area contributed by atoms with E-state index in [2.05, 4.69) is 46.2 Å². The summed E-state index contributed by atoms with van der Waals surface area (Å²) in [4.78, 5) is 61.2. The number of halogens is 6. The van der Waals surface area contributed by atoms with Crippen LogP contribution in [0.1, 0.15) is 50.1 Å². The summed E-state index contributed by atoms with van der Waals surface area (Å²) in [5, 5.41) is 10.3. The molecule has 0 spiro atoms. The number of pyridine rings is 1. The second-order valence-corrected chi connectivity index (χ2v) is 13.0. The predicted molar refractivity (Wildman–Crippen MR) is 202 cm³/mol. The molecule has 0 saturated carbocycles. The van der Waals surface area contributed by atoms with Crippen LogP contribution in [0.3, 0.4) is 0 Å². The smallest absolute Gasteiger partial charge is 0.433 e. The lowest BCUT2D eigenvalue weighted by Gasteiger charge is -2.17. The maximum absolute atomic E-state index is 13.0. The second kappa shape index (κ2) is 17.5. The Morgan fingerprint density at radius 2 is 1.16 bits per heavy atom. The van der Waals surface area contributed by atoms with Gasteiger partial charge in [-0.2, -0.15) is 26.3 Å². The Hall–Kier alpha value is -6.93. The first kappa shape index (κ1) is 42.2. The average Bonchev–Trinajstić information content (AvgIpc) is 3.71. The van der Waals surface area contributed by atoms with Crippen LogP contribution in [0.5, 0.6) is 11.6 Å². The van der Waals surface area contributed by atoms with Crippen LogP contribution in [0, 0.1) is 0 Å². The van der Waals surface area contributed by atoms with E-state index in [1.165, 1.54) is 12.1 Å². The van der Waals surface area contributed by atoms with Gasteiger partial charge in [0.1, 0.15) is 11.4 Å². The van der Waals surface area contributed by atoms with Gasteiger partial charge in [-0.25, -0.2) is 24.2 Å². The molecule has 3 aromatic carbocycles. The molecule has 0 aliphatic carbocycles.